The van der Waals surface area contributed by atoms with Crippen LogP contribution in [-0.2, 0) is 4.79 Å². The van der Waals surface area contributed by atoms with E-state index in [2.05, 4.69) is 15.6 Å². The highest BCUT2D eigenvalue weighted by Crippen LogP contribution is 2.21. The smallest absolute Gasteiger partial charge is 0.303 e. The van der Waals surface area contributed by atoms with Crippen molar-refractivity contribution >= 4 is 11.9 Å². The maximum atomic E-state index is 12.3. The molecule has 2 aliphatic heterocycles. The van der Waals surface area contributed by atoms with Gasteiger partial charge in [-0.15, -0.1) is 5.10 Å². The molecule has 1 amide bonds. The Bertz CT molecular complexity index is 525. The van der Waals surface area contributed by atoms with Crippen LogP contribution in [0.2, 0.25) is 0 Å². The molecular formula is C12H17N5O3. The third-order valence-electron chi connectivity index (χ3n) is 3.90. The second-order valence-electron chi connectivity index (χ2n) is 5.40. The van der Waals surface area contributed by atoms with Crippen LogP contribution < -0.4 is 5.32 Å². The number of carbonyl (C=O) groups is 2. The van der Waals surface area contributed by atoms with Crippen LogP contribution in [0.1, 0.15) is 29.4 Å². The summed E-state index contributed by atoms with van der Waals surface area (Å²) in [5.74, 6) is -0.925. The molecule has 0 aliphatic carbocycles. The van der Waals surface area contributed by atoms with Crippen LogP contribution in [0.5, 0.6) is 0 Å². The zero-order valence-electron chi connectivity index (χ0n) is 11.0. The predicted octanol–water partition coefficient (Wildman–Crippen LogP) is -0.641. The van der Waals surface area contributed by atoms with Crippen LogP contribution >= 0.6 is 0 Å². The van der Waals surface area contributed by atoms with Gasteiger partial charge < -0.3 is 15.3 Å². The number of likely N-dealkylation sites (tertiary alicyclic amines) is 1. The highest BCUT2D eigenvalue weighted by Gasteiger charge is 2.30. The Kier molecular flexibility index (Phi) is 3.39. The first-order chi connectivity index (χ1) is 9.63. The lowest BCUT2D eigenvalue weighted by molar-refractivity contribution is -0.138. The second kappa shape index (κ2) is 5.20. The number of nitrogens with one attached hydrogen (secondary N) is 1. The number of hydrogen-bond acceptors (Lipinski definition) is 5. The molecule has 0 spiro atoms. The van der Waals surface area contributed by atoms with E-state index in [0.29, 0.717) is 18.8 Å². The van der Waals surface area contributed by atoms with Crippen LogP contribution in [-0.4, -0.2) is 63.1 Å². The molecule has 3 rings (SSSR count). The molecule has 1 atom stereocenters. The summed E-state index contributed by atoms with van der Waals surface area (Å²) in [6, 6.07) is 0.280. The Morgan fingerprint density at radius 3 is 2.90 bits per heavy atom. The van der Waals surface area contributed by atoms with Crippen molar-refractivity contribution in [2.24, 2.45) is 5.92 Å². The van der Waals surface area contributed by atoms with Crippen molar-refractivity contribution in [2.75, 3.05) is 26.2 Å². The first-order valence-corrected chi connectivity index (χ1v) is 6.77. The molecule has 3 heterocycles. The number of carboxylic acid groups (broad SMARTS) is 1. The molecule has 0 bridgehead atoms. The molecule has 2 saturated heterocycles. The topological polar surface area (TPSA) is 100 Å². The fraction of sp³-hybridized carbons (Fsp3) is 0.667. The third-order valence-corrected chi connectivity index (χ3v) is 3.90. The van der Waals surface area contributed by atoms with Crippen LogP contribution in [0.25, 0.3) is 0 Å². The molecule has 2 N–H and O–H groups in total. The van der Waals surface area contributed by atoms with Crippen LogP contribution in [0.4, 0.5) is 0 Å². The standard InChI is InChI=1S/C12H17N5O3/c18-11(19)3-8-1-2-16(6-8)12(20)10-7-17(15-14-10)9-4-13-5-9/h7-9,13H,1-6H2,(H,18,19). The summed E-state index contributed by atoms with van der Waals surface area (Å²) in [5.41, 5.74) is 0.341. The van der Waals surface area contributed by atoms with Crippen molar-refractivity contribution in [2.45, 2.75) is 18.9 Å². The Hall–Kier alpha value is -1.96. The van der Waals surface area contributed by atoms with Crippen molar-refractivity contribution < 1.29 is 14.7 Å². The summed E-state index contributed by atoms with van der Waals surface area (Å²) in [6.45, 7) is 2.78. The summed E-state index contributed by atoms with van der Waals surface area (Å²) < 4.78 is 1.72. The van der Waals surface area contributed by atoms with Gasteiger partial charge in [0.25, 0.3) is 5.91 Å². The number of nitrogens with zero attached hydrogens (tertiary/aromatic N) is 4. The molecule has 0 radical (unpaired) electrons. The number of carbonyl (C=O) groups excluding carboxylic acids is 1. The van der Waals surface area contributed by atoms with Crippen molar-refractivity contribution in [3.63, 3.8) is 0 Å². The van der Waals surface area contributed by atoms with Gasteiger partial charge in [-0.2, -0.15) is 0 Å². The quantitative estimate of drug-likeness (QED) is 0.760. The molecule has 1 aromatic heterocycles. The molecule has 0 aromatic carbocycles. The third kappa shape index (κ3) is 2.51. The summed E-state index contributed by atoms with van der Waals surface area (Å²) in [5, 5.41) is 19.8. The SMILES string of the molecule is O=C(O)CC1CCN(C(=O)c2cn(C3CNC3)nn2)C1. The number of rotatable bonds is 4. The van der Waals surface area contributed by atoms with Gasteiger partial charge >= 0.3 is 5.97 Å². The highest BCUT2D eigenvalue weighted by atomic mass is 16.4. The zero-order chi connectivity index (χ0) is 14.1. The number of aromatic nitrogens is 3. The van der Waals surface area contributed by atoms with Gasteiger partial charge in [0.1, 0.15) is 0 Å². The Labute approximate surface area is 115 Å². The number of aliphatic carboxylic acids is 1. The van der Waals surface area contributed by atoms with Gasteiger partial charge in [0.15, 0.2) is 5.69 Å². The summed E-state index contributed by atoms with van der Waals surface area (Å²) in [6.07, 6.45) is 2.53. The normalized spacial score (nSPS) is 22.8. The minimum atomic E-state index is -0.812. The maximum absolute atomic E-state index is 12.3. The second-order valence-corrected chi connectivity index (χ2v) is 5.40. The Morgan fingerprint density at radius 1 is 1.45 bits per heavy atom. The van der Waals surface area contributed by atoms with Gasteiger partial charge in [0, 0.05) is 32.6 Å². The summed E-state index contributed by atoms with van der Waals surface area (Å²) in [4.78, 5) is 24.6. The molecule has 0 saturated carbocycles. The van der Waals surface area contributed by atoms with Crippen molar-refractivity contribution in [1.29, 1.82) is 0 Å². The molecule has 20 heavy (non-hydrogen) atoms. The minimum absolute atomic E-state index is 0.0438. The van der Waals surface area contributed by atoms with Crippen LogP contribution in [0, 0.1) is 5.92 Å². The average molecular weight is 279 g/mol. The van der Waals surface area contributed by atoms with Crippen molar-refractivity contribution in [3.05, 3.63) is 11.9 Å². The van der Waals surface area contributed by atoms with E-state index in [9.17, 15) is 9.59 Å². The summed E-state index contributed by atoms with van der Waals surface area (Å²) >= 11 is 0. The molecule has 1 aromatic rings. The largest absolute Gasteiger partial charge is 0.481 e. The van der Waals surface area contributed by atoms with E-state index in [4.69, 9.17) is 5.11 Å². The molecule has 1 unspecified atom stereocenters. The van der Waals surface area contributed by atoms with E-state index >= 15 is 0 Å². The zero-order valence-corrected chi connectivity index (χ0v) is 11.0. The predicted molar refractivity (Wildman–Crippen MR) is 68.2 cm³/mol. The first-order valence-electron chi connectivity index (χ1n) is 6.77. The Balaban J connectivity index is 1.61. The molecular weight excluding hydrogens is 262 g/mol. The minimum Gasteiger partial charge on any atom is -0.481 e. The number of carboxylic acids is 1. The van der Waals surface area contributed by atoms with E-state index in [1.54, 1.807) is 15.8 Å². The van der Waals surface area contributed by atoms with E-state index in [-0.39, 0.29) is 24.3 Å². The molecule has 8 heteroatoms. The maximum Gasteiger partial charge on any atom is 0.303 e. The summed E-state index contributed by atoms with van der Waals surface area (Å²) in [7, 11) is 0. The monoisotopic (exact) mass is 279 g/mol. The number of hydrogen-bond donors (Lipinski definition) is 2. The van der Waals surface area contributed by atoms with Gasteiger partial charge in [-0.1, -0.05) is 5.21 Å². The van der Waals surface area contributed by atoms with E-state index in [1.165, 1.54) is 0 Å². The average Bonchev–Trinajstić information content (AvgIpc) is 2.94. The lowest BCUT2D eigenvalue weighted by Crippen LogP contribution is -2.43. The van der Waals surface area contributed by atoms with Crippen molar-refractivity contribution in [3.8, 4) is 0 Å². The molecule has 108 valence electrons. The molecule has 2 fully saturated rings. The van der Waals surface area contributed by atoms with Gasteiger partial charge in [-0.3, -0.25) is 9.59 Å². The van der Waals surface area contributed by atoms with Gasteiger partial charge in [0.05, 0.1) is 12.2 Å². The van der Waals surface area contributed by atoms with E-state index in [0.717, 1.165) is 19.5 Å². The van der Waals surface area contributed by atoms with Crippen LogP contribution in [0.3, 0.4) is 0 Å². The first kappa shape index (κ1) is 13.0. The van der Waals surface area contributed by atoms with Crippen LogP contribution in [0.15, 0.2) is 6.20 Å². The molecule has 2 aliphatic rings. The van der Waals surface area contributed by atoms with Crippen molar-refractivity contribution in [1.82, 2.24) is 25.2 Å². The van der Waals surface area contributed by atoms with Gasteiger partial charge in [-0.25, -0.2) is 4.68 Å². The fourth-order valence-electron chi connectivity index (χ4n) is 2.61. The van der Waals surface area contributed by atoms with E-state index in [1.807, 2.05) is 0 Å². The number of amides is 1. The van der Waals surface area contributed by atoms with Gasteiger partial charge in [0.2, 0.25) is 0 Å². The fourth-order valence-corrected chi connectivity index (χ4v) is 2.61. The van der Waals surface area contributed by atoms with E-state index < -0.39 is 5.97 Å². The lowest BCUT2D eigenvalue weighted by Gasteiger charge is -2.26. The highest BCUT2D eigenvalue weighted by molar-refractivity contribution is 5.92. The molecule has 8 nitrogen and oxygen atoms in total. The Morgan fingerprint density at radius 2 is 2.25 bits per heavy atom. The lowest BCUT2D eigenvalue weighted by atomic mass is 10.1. The van der Waals surface area contributed by atoms with Gasteiger partial charge in [-0.05, 0) is 12.3 Å².